The Balaban J connectivity index is 2.01. The van der Waals surface area contributed by atoms with Crippen LogP contribution in [0, 0.1) is 5.92 Å². The first-order chi connectivity index (χ1) is 12.4. The van der Waals surface area contributed by atoms with E-state index in [9.17, 15) is 9.59 Å². The van der Waals surface area contributed by atoms with Gasteiger partial charge in [-0.3, -0.25) is 9.59 Å². The van der Waals surface area contributed by atoms with Crippen molar-refractivity contribution in [3.05, 3.63) is 64.7 Å². The summed E-state index contributed by atoms with van der Waals surface area (Å²) in [5.74, 6) is 0.0453. The molecule has 0 saturated carbocycles. The number of nitrogens with one attached hydrogen (secondary N) is 2. The summed E-state index contributed by atoms with van der Waals surface area (Å²) in [7, 11) is 1.56. The summed E-state index contributed by atoms with van der Waals surface area (Å²) in [6.45, 7) is 4.07. The lowest BCUT2D eigenvalue weighted by Gasteiger charge is -2.22. The number of hydrogen-bond acceptors (Lipinski definition) is 3. The molecule has 2 aromatic rings. The Morgan fingerprint density at radius 1 is 1.08 bits per heavy atom. The Morgan fingerprint density at radius 2 is 1.73 bits per heavy atom. The molecule has 0 bridgehead atoms. The van der Waals surface area contributed by atoms with Crippen molar-refractivity contribution >= 4 is 23.4 Å². The molecule has 5 nitrogen and oxygen atoms in total. The van der Waals surface area contributed by atoms with E-state index < -0.39 is 6.04 Å². The average Bonchev–Trinajstić information content (AvgIpc) is 2.64. The predicted octanol–water partition coefficient (Wildman–Crippen LogP) is 3.42. The number of amides is 2. The molecule has 2 rings (SSSR count). The minimum atomic E-state index is -0.646. The normalized spacial score (nSPS) is 11.7. The molecule has 26 heavy (non-hydrogen) atoms. The first-order valence-corrected chi connectivity index (χ1v) is 8.76. The average molecular weight is 375 g/mol. The number of rotatable bonds is 7. The van der Waals surface area contributed by atoms with Crippen LogP contribution in [0.25, 0.3) is 0 Å². The molecule has 0 saturated heterocycles. The number of carbonyl (C=O) groups excluding carboxylic acids is 2. The maximum Gasteiger partial charge on any atom is 0.251 e. The van der Waals surface area contributed by atoms with E-state index in [2.05, 4.69) is 10.6 Å². The Kier molecular flexibility index (Phi) is 7.04. The lowest BCUT2D eigenvalue weighted by Crippen LogP contribution is -2.49. The van der Waals surface area contributed by atoms with Crippen molar-refractivity contribution in [3.63, 3.8) is 0 Å². The second-order valence-electron chi connectivity index (χ2n) is 6.23. The SMILES string of the molecule is COc1ccc(C(=O)NC(C(=O)NCc2ccccc2Cl)C(C)C)cc1. The fraction of sp³-hybridized carbons (Fsp3) is 0.300. The van der Waals surface area contributed by atoms with Gasteiger partial charge < -0.3 is 15.4 Å². The Bertz CT molecular complexity index is 760. The fourth-order valence-corrected chi connectivity index (χ4v) is 2.64. The van der Waals surface area contributed by atoms with Crippen molar-refractivity contribution in [3.8, 4) is 5.75 Å². The van der Waals surface area contributed by atoms with Crippen LogP contribution in [0.1, 0.15) is 29.8 Å². The van der Waals surface area contributed by atoms with E-state index in [0.717, 1.165) is 5.56 Å². The highest BCUT2D eigenvalue weighted by molar-refractivity contribution is 6.31. The van der Waals surface area contributed by atoms with E-state index in [1.807, 2.05) is 32.0 Å². The number of halogens is 1. The van der Waals surface area contributed by atoms with Gasteiger partial charge >= 0.3 is 0 Å². The molecular formula is C20H23ClN2O3. The molecule has 0 aliphatic rings. The third kappa shape index (κ3) is 5.23. The van der Waals surface area contributed by atoms with E-state index in [1.165, 1.54) is 0 Å². The highest BCUT2D eigenvalue weighted by Crippen LogP contribution is 2.15. The summed E-state index contributed by atoms with van der Waals surface area (Å²) in [4.78, 5) is 25.0. The molecule has 1 unspecified atom stereocenters. The first kappa shape index (κ1) is 19.8. The first-order valence-electron chi connectivity index (χ1n) is 8.38. The van der Waals surface area contributed by atoms with Crippen LogP contribution >= 0.6 is 11.6 Å². The molecule has 0 spiro atoms. The molecule has 2 amide bonds. The van der Waals surface area contributed by atoms with Crippen molar-refractivity contribution in [2.75, 3.05) is 7.11 Å². The smallest absolute Gasteiger partial charge is 0.251 e. The Labute approximate surface area is 158 Å². The van der Waals surface area contributed by atoms with Gasteiger partial charge in [0, 0.05) is 17.1 Å². The van der Waals surface area contributed by atoms with Crippen molar-refractivity contribution in [2.45, 2.75) is 26.4 Å². The molecule has 1 atom stereocenters. The van der Waals surface area contributed by atoms with Crippen LogP contribution in [-0.4, -0.2) is 25.0 Å². The van der Waals surface area contributed by atoms with Crippen LogP contribution in [0.5, 0.6) is 5.75 Å². The summed E-state index contributed by atoms with van der Waals surface area (Å²) >= 11 is 6.11. The minimum absolute atomic E-state index is 0.0663. The predicted molar refractivity (Wildman–Crippen MR) is 102 cm³/mol. The summed E-state index contributed by atoms with van der Waals surface area (Å²) < 4.78 is 5.08. The van der Waals surface area contributed by atoms with Gasteiger partial charge in [-0.05, 0) is 41.8 Å². The van der Waals surface area contributed by atoms with E-state index >= 15 is 0 Å². The summed E-state index contributed by atoms with van der Waals surface area (Å²) in [5, 5.41) is 6.23. The van der Waals surface area contributed by atoms with Gasteiger partial charge in [0.2, 0.25) is 5.91 Å². The molecule has 0 aromatic heterocycles. The van der Waals surface area contributed by atoms with Crippen LogP contribution in [0.3, 0.4) is 0 Å². The Hall–Kier alpha value is -2.53. The highest BCUT2D eigenvalue weighted by atomic mass is 35.5. The quantitative estimate of drug-likeness (QED) is 0.780. The number of ether oxygens (including phenoxy) is 1. The molecular weight excluding hydrogens is 352 g/mol. The van der Waals surface area contributed by atoms with Crippen molar-refractivity contribution < 1.29 is 14.3 Å². The lowest BCUT2D eigenvalue weighted by molar-refractivity contribution is -0.124. The molecule has 0 aliphatic heterocycles. The highest BCUT2D eigenvalue weighted by Gasteiger charge is 2.24. The molecule has 0 fully saturated rings. The summed E-state index contributed by atoms with van der Waals surface area (Å²) in [6.07, 6.45) is 0. The molecule has 2 aromatic carbocycles. The zero-order valence-corrected chi connectivity index (χ0v) is 15.8. The zero-order valence-electron chi connectivity index (χ0n) is 15.1. The van der Waals surface area contributed by atoms with E-state index in [4.69, 9.17) is 16.3 Å². The number of benzene rings is 2. The standard InChI is InChI=1S/C20H23ClN2O3/c1-13(2)18(20(25)22-12-15-6-4-5-7-17(15)21)23-19(24)14-8-10-16(26-3)11-9-14/h4-11,13,18H,12H2,1-3H3,(H,22,25)(H,23,24). The van der Waals surface area contributed by atoms with Gasteiger partial charge in [-0.25, -0.2) is 0 Å². The molecule has 0 aliphatic carbocycles. The van der Waals surface area contributed by atoms with Crippen LogP contribution in [0.2, 0.25) is 5.02 Å². The van der Waals surface area contributed by atoms with Crippen molar-refractivity contribution in [1.82, 2.24) is 10.6 Å². The minimum Gasteiger partial charge on any atom is -0.497 e. The third-order valence-corrected chi connectivity index (χ3v) is 4.37. The number of hydrogen-bond donors (Lipinski definition) is 2. The molecule has 2 N–H and O–H groups in total. The largest absolute Gasteiger partial charge is 0.497 e. The van der Waals surface area contributed by atoms with Crippen molar-refractivity contribution in [1.29, 1.82) is 0 Å². The number of methoxy groups -OCH3 is 1. The lowest BCUT2D eigenvalue weighted by atomic mass is 10.0. The second-order valence-corrected chi connectivity index (χ2v) is 6.64. The Morgan fingerprint density at radius 3 is 2.31 bits per heavy atom. The van der Waals surface area contributed by atoms with Gasteiger partial charge in [0.05, 0.1) is 7.11 Å². The van der Waals surface area contributed by atoms with Crippen LogP contribution in [0.15, 0.2) is 48.5 Å². The van der Waals surface area contributed by atoms with Crippen molar-refractivity contribution in [2.24, 2.45) is 5.92 Å². The van der Waals surface area contributed by atoms with E-state index in [-0.39, 0.29) is 17.7 Å². The van der Waals surface area contributed by atoms with E-state index in [1.54, 1.807) is 37.4 Å². The van der Waals surface area contributed by atoms with Gasteiger partial charge in [0.25, 0.3) is 5.91 Å². The van der Waals surface area contributed by atoms with Crippen LogP contribution in [-0.2, 0) is 11.3 Å². The zero-order chi connectivity index (χ0) is 19.1. The maximum atomic E-state index is 12.5. The molecule has 0 heterocycles. The van der Waals surface area contributed by atoms with Crippen LogP contribution in [0.4, 0.5) is 0 Å². The molecule has 138 valence electrons. The van der Waals surface area contributed by atoms with Gasteiger partial charge in [-0.1, -0.05) is 43.6 Å². The third-order valence-electron chi connectivity index (χ3n) is 4.00. The molecule has 0 radical (unpaired) electrons. The van der Waals surface area contributed by atoms with Gasteiger partial charge in [-0.2, -0.15) is 0 Å². The second kappa shape index (κ2) is 9.25. The van der Waals surface area contributed by atoms with Gasteiger partial charge in [-0.15, -0.1) is 0 Å². The maximum absolute atomic E-state index is 12.5. The van der Waals surface area contributed by atoms with Gasteiger partial charge in [0.15, 0.2) is 0 Å². The summed E-state index contributed by atoms with van der Waals surface area (Å²) in [5.41, 5.74) is 1.29. The monoisotopic (exact) mass is 374 g/mol. The fourth-order valence-electron chi connectivity index (χ4n) is 2.44. The van der Waals surface area contributed by atoms with E-state index in [0.29, 0.717) is 22.9 Å². The summed E-state index contributed by atoms with van der Waals surface area (Å²) in [6, 6.07) is 13.4. The topological polar surface area (TPSA) is 67.4 Å². The van der Waals surface area contributed by atoms with Crippen LogP contribution < -0.4 is 15.4 Å². The molecule has 6 heteroatoms. The van der Waals surface area contributed by atoms with Gasteiger partial charge in [0.1, 0.15) is 11.8 Å². The number of carbonyl (C=O) groups is 2.